The van der Waals surface area contributed by atoms with E-state index >= 15 is 0 Å². The maximum absolute atomic E-state index is 13.0. The van der Waals surface area contributed by atoms with Gasteiger partial charge in [0.25, 0.3) is 11.1 Å². The number of thiazole rings is 1. The van der Waals surface area contributed by atoms with Crippen molar-refractivity contribution in [3.05, 3.63) is 90.1 Å². The van der Waals surface area contributed by atoms with E-state index in [9.17, 15) is 9.59 Å². The van der Waals surface area contributed by atoms with Gasteiger partial charge in [0.1, 0.15) is 5.69 Å². The van der Waals surface area contributed by atoms with Crippen LogP contribution in [0, 0.1) is 6.92 Å². The maximum atomic E-state index is 13.0. The zero-order valence-corrected chi connectivity index (χ0v) is 18.9. The number of hydrogen-bond donors (Lipinski definition) is 0. The summed E-state index contributed by atoms with van der Waals surface area (Å²) in [4.78, 5) is 29.8. The highest BCUT2D eigenvalue weighted by Crippen LogP contribution is 2.28. The first kappa shape index (κ1) is 21.7. The monoisotopic (exact) mass is 449 g/mol. The van der Waals surface area contributed by atoms with Crippen LogP contribution in [0.4, 0.5) is 0 Å². The zero-order valence-electron chi connectivity index (χ0n) is 18.1. The van der Waals surface area contributed by atoms with Crippen LogP contribution in [0.15, 0.2) is 52.1 Å². The Kier molecular flexibility index (Phi) is 6.32. The normalized spacial score (nSPS) is 11.8. The van der Waals surface area contributed by atoms with Gasteiger partial charge in [0.05, 0.1) is 17.7 Å². The molecule has 4 aromatic rings. The lowest BCUT2D eigenvalue weighted by molar-refractivity contribution is 0.287. The first-order valence-electron chi connectivity index (χ1n) is 10.4. The number of ether oxygens (including phenoxy) is 2. The third-order valence-electron chi connectivity index (χ3n) is 4.81. The second-order valence-electron chi connectivity index (χ2n) is 7.21. The average molecular weight is 450 g/mol. The summed E-state index contributed by atoms with van der Waals surface area (Å²) in [7, 11) is 0. The van der Waals surface area contributed by atoms with Gasteiger partial charge in [0.15, 0.2) is 11.5 Å². The number of fused-ring (bicyclic) bond motifs is 1. The fourth-order valence-electron chi connectivity index (χ4n) is 3.26. The number of aromatic nitrogens is 3. The molecule has 8 heteroatoms. The van der Waals surface area contributed by atoms with E-state index < -0.39 is 5.56 Å². The molecule has 0 radical (unpaired) electrons. The van der Waals surface area contributed by atoms with E-state index in [0.717, 1.165) is 28.0 Å². The van der Waals surface area contributed by atoms with Gasteiger partial charge in [-0.1, -0.05) is 47.2 Å². The van der Waals surface area contributed by atoms with Gasteiger partial charge in [0, 0.05) is 6.42 Å². The Balaban J connectivity index is 1.74. The third kappa shape index (κ3) is 4.55. The summed E-state index contributed by atoms with van der Waals surface area (Å²) in [5.41, 5.74) is 2.37. The van der Waals surface area contributed by atoms with E-state index in [2.05, 4.69) is 10.1 Å². The van der Waals surface area contributed by atoms with Crippen molar-refractivity contribution in [1.82, 2.24) is 14.6 Å². The van der Waals surface area contributed by atoms with Gasteiger partial charge in [-0.25, -0.2) is 0 Å². The molecule has 0 fully saturated rings. The number of benzene rings is 2. The van der Waals surface area contributed by atoms with Crippen LogP contribution in [0.5, 0.6) is 11.5 Å². The number of aryl methyl sites for hydroxylation is 1. The lowest BCUT2D eigenvalue weighted by Crippen LogP contribution is -2.28. The Morgan fingerprint density at radius 3 is 2.44 bits per heavy atom. The Bertz CT molecular complexity index is 1420. The van der Waals surface area contributed by atoms with E-state index in [1.54, 1.807) is 6.08 Å². The fraction of sp³-hybridized carbons (Fsp3) is 0.250. The summed E-state index contributed by atoms with van der Waals surface area (Å²) in [6.07, 6.45) is 2.06. The molecule has 0 aliphatic rings. The SMILES string of the molecule is CCOc1ccc(/C=c2\sc3nc(=O)c(Cc4ccc(C)cc4)nn3c2=O)cc1OCC. The average Bonchev–Trinajstić information content (AvgIpc) is 3.06. The molecule has 2 heterocycles. The minimum Gasteiger partial charge on any atom is -0.490 e. The second kappa shape index (κ2) is 9.32. The molecule has 2 aromatic carbocycles. The zero-order chi connectivity index (χ0) is 22.7. The van der Waals surface area contributed by atoms with E-state index in [4.69, 9.17) is 9.47 Å². The quantitative estimate of drug-likeness (QED) is 0.432. The molecular formula is C24H23N3O4S. The minimum absolute atomic E-state index is 0.243. The van der Waals surface area contributed by atoms with Gasteiger partial charge in [-0.05, 0) is 50.1 Å². The molecule has 0 aliphatic carbocycles. The molecule has 0 spiro atoms. The Labute approximate surface area is 188 Å². The van der Waals surface area contributed by atoms with Crippen molar-refractivity contribution in [3.8, 4) is 11.5 Å². The van der Waals surface area contributed by atoms with Crippen molar-refractivity contribution in [3.63, 3.8) is 0 Å². The largest absolute Gasteiger partial charge is 0.490 e. The van der Waals surface area contributed by atoms with Gasteiger partial charge in [0.2, 0.25) is 4.96 Å². The summed E-state index contributed by atoms with van der Waals surface area (Å²) in [5, 5.41) is 4.31. The highest BCUT2D eigenvalue weighted by atomic mass is 32.1. The van der Waals surface area contributed by atoms with E-state index in [1.807, 2.05) is 63.2 Å². The number of hydrogen-bond acceptors (Lipinski definition) is 7. The molecule has 0 bridgehead atoms. The van der Waals surface area contributed by atoms with Crippen LogP contribution < -0.4 is 25.1 Å². The second-order valence-corrected chi connectivity index (χ2v) is 8.22. The van der Waals surface area contributed by atoms with E-state index in [1.165, 1.54) is 4.52 Å². The molecular weight excluding hydrogens is 426 g/mol. The molecule has 4 rings (SSSR count). The Morgan fingerprint density at radius 1 is 1.00 bits per heavy atom. The van der Waals surface area contributed by atoms with Crippen LogP contribution in [0.2, 0.25) is 0 Å². The lowest BCUT2D eigenvalue weighted by atomic mass is 10.1. The van der Waals surface area contributed by atoms with Crippen LogP contribution in [0.25, 0.3) is 11.0 Å². The van der Waals surface area contributed by atoms with Crippen LogP contribution >= 0.6 is 11.3 Å². The van der Waals surface area contributed by atoms with Gasteiger partial charge in [-0.3, -0.25) is 9.59 Å². The van der Waals surface area contributed by atoms with Crippen molar-refractivity contribution in [2.45, 2.75) is 27.2 Å². The summed E-state index contributed by atoms with van der Waals surface area (Å²) in [6, 6.07) is 13.3. The summed E-state index contributed by atoms with van der Waals surface area (Å²) < 4.78 is 12.9. The van der Waals surface area contributed by atoms with Gasteiger partial charge >= 0.3 is 0 Å². The molecule has 0 atom stereocenters. The van der Waals surface area contributed by atoms with Crippen LogP contribution in [-0.4, -0.2) is 27.8 Å². The van der Waals surface area contributed by atoms with Gasteiger partial charge in [-0.15, -0.1) is 0 Å². The predicted octanol–water partition coefficient (Wildman–Crippen LogP) is 2.76. The third-order valence-corrected chi connectivity index (χ3v) is 5.77. The summed E-state index contributed by atoms with van der Waals surface area (Å²) >= 11 is 1.13. The number of rotatable bonds is 7. The molecule has 2 aromatic heterocycles. The Morgan fingerprint density at radius 2 is 1.72 bits per heavy atom. The molecule has 164 valence electrons. The minimum atomic E-state index is -0.418. The summed E-state index contributed by atoms with van der Waals surface area (Å²) in [5.74, 6) is 1.27. The highest BCUT2D eigenvalue weighted by Gasteiger charge is 2.12. The first-order chi connectivity index (χ1) is 15.5. The van der Waals surface area contributed by atoms with Gasteiger partial charge in [-0.2, -0.15) is 14.6 Å². The molecule has 7 nitrogen and oxygen atoms in total. The van der Waals surface area contributed by atoms with Crippen LogP contribution in [0.3, 0.4) is 0 Å². The molecule has 0 aliphatic heterocycles. The molecule has 0 saturated heterocycles. The maximum Gasteiger partial charge on any atom is 0.296 e. The molecule has 0 unspecified atom stereocenters. The topological polar surface area (TPSA) is 82.8 Å². The van der Waals surface area contributed by atoms with Crippen LogP contribution in [-0.2, 0) is 6.42 Å². The van der Waals surface area contributed by atoms with E-state index in [-0.39, 0.29) is 16.2 Å². The standard InChI is InChI=1S/C24H23N3O4S/c1-4-30-19-11-10-17(13-20(19)31-5-2)14-21-23(29)27-24(32-21)25-22(28)18(26-27)12-16-8-6-15(3)7-9-16/h6-11,13-14H,4-5,12H2,1-3H3/b21-14-. The molecule has 0 N–H and O–H groups in total. The smallest absolute Gasteiger partial charge is 0.296 e. The molecule has 32 heavy (non-hydrogen) atoms. The summed E-state index contributed by atoms with van der Waals surface area (Å²) in [6.45, 7) is 6.83. The fourth-order valence-corrected chi connectivity index (χ4v) is 4.16. The highest BCUT2D eigenvalue weighted by molar-refractivity contribution is 7.15. The number of nitrogens with zero attached hydrogens (tertiary/aromatic N) is 3. The molecule has 0 saturated carbocycles. The van der Waals surface area contributed by atoms with Crippen molar-refractivity contribution in [2.75, 3.05) is 13.2 Å². The van der Waals surface area contributed by atoms with Crippen molar-refractivity contribution >= 4 is 22.4 Å². The lowest BCUT2D eigenvalue weighted by Gasteiger charge is -2.11. The van der Waals surface area contributed by atoms with Crippen molar-refractivity contribution in [1.29, 1.82) is 0 Å². The van der Waals surface area contributed by atoms with Crippen molar-refractivity contribution < 1.29 is 9.47 Å². The van der Waals surface area contributed by atoms with E-state index in [0.29, 0.717) is 35.7 Å². The van der Waals surface area contributed by atoms with Crippen molar-refractivity contribution in [2.24, 2.45) is 0 Å². The molecule has 0 amide bonds. The van der Waals surface area contributed by atoms with Gasteiger partial charge < -0.3 is 9.47 Å². The Hall–Kier alpha value is -3.52. The van der Waals surface area contributed by atoms with Crippen LogP contribution in [0.1, 0.15) is 36.2 Å². The first-order valence-corrected chi connectivity index (χ1v) is 11.2. The predicted molar refractivity (Wildman–Crippen MR) is 125 cm³/mol.